The third-order valence-electron chi connectivity index (χ3n) is 2.30. The third kappa shape index (κ3) is 6.19. The second kappa shape index (κ2) is 6.51. The highest BCUT2D eigenvalue weighted by molar-refractivity contribution is 5.92. The molecule has 2 N–H and O–H groups in total. The predicted molar refractivity (Wildman–Crippen MR) is 63.2 cm³/mol. The van der Waals surface area contributed by atoms with E-state index in [1.54, 1.807) is 6.07 Å². The highest BCUT2D eigenvalue weighted by atomic mass is 19.4. The summed E-state index contributed by atoms with van der Waals surface area (Å²) in [6, 6.07) is 4.67. The van der Waals surface area contributed by atoms with E-state index in [2.05, 4.69) is 10.6 Å². The molecule has 1 amide bonds. The lowest BCUT2D eigenvalue weighted by atomic mass is 10.2. The monoisotopic (exact) mass is 278 g/mol. The van der Waals surface area contributed by atoms with Gasteiger partial charge in [-0.3, -0.25) is 4.79 Å². The Morgan fingerprint density at radius 1 is 1.32 bits per heavy atom. The molecule has 7 heteroatoms. The molecule has 0 radical (unpaired) electrons. The van der Waals surface area contributed by atoms with Crippen LogP contribution >= 0.6 is 0 Å². The van der Waals surface area contributed by atoms with Crippen LogP contribution in [-0.4, -0.2) is 24.7 Å². The molecule has 0 aliphatic carbocycles. The van der Waals surface area contributed by atoms with Gasteiger partial charge in [-0.1, -0.05) is 12.1 Å². The number of alkyl halides is 3. The minimum Gasteiger partial charge on any atom is -0.322 e. The van der Waals surface area contributed by atoms with E-state index in [0.29, 0.717) is 0 Å². The number of para-hydroxylation sites is 1. The molecular formula is C12H14F4N2O. The Labute approximate surface area is 108 Å². The van der Waals surface area contributed by atoms with Crippen molar-refractivity contribution in [3.8, 4) is 0 Å². The van der Waals surface area contributed by atoms with E-state index in [9.17, 15) is 22.4 Å². The normalized spacial score (nSPS) is 13.1. The molecule has 0 saturated heterocycles. The molecule has 0 bridgehead atoms. The Bertz CT molecular complexity index is 434. The van der Waals surface area contributed by atoms with Crippen LogP contribution in [0.15, 0.2) is 24.3 Å². The summed E-state index contributed by atoms with van der Waals surface area (Å²) < 4.78 is 49.3. The van der Waals surface area contributed by atoms with Crippen LogP contribution in [0, 0.1) is 5.82 Å². The topological polar surface area (TPSA) is 41.1 Å². The molecule has 3 nitrogen and oxygen atoms in total. The lowest BCUT2D eigenvalue weighted by Gasteiger charge is -2.15. The summed E-state index contributed by atoms with van der Waals surface area (Å²) in [7, 11) is 0. The summed E-state index contributed by atoms with van der Waals surface area (Å²) in [5.74, 6) is -1.20. The number of rotatable bonds is 5. The molecular weight excluding hydrogens is 264 g/mol. The number of hydrogen-bond donors (Lipinski definition) is 2. The molecule has 0 aliphatic rings. The second-order valence-electron chi connectivity index (χ2n) is 4.13. The van der Waals surface area contributed by atoms with Crippen molar-refractivity contribution in [2.45, 2.75) is 25.6 Å². The molecule has 1 aromatic carbocycles. The molecule has 19 heavy (non-hydrogen) atoms. The lowest BCUT2D eigenvalue weighted by Crippen LogP contribution is -2.37. The average molecular weight is 278 g/mol. The average Bonchev–Trinajstić information content (AvgIpc) is 2.27. The largest absolute Gasteiger partial charge is 0.390 e. The molecule has 106 valence electrons. The van der Waals surface area contributed by atoms with Crippen LogP contribution < -0.4 is 10.6 Å². The van der Waals surface area contributed by atoms with Gasteiger partial charge in [0.2, 0.25) is 5.91 Å². The number of anilines is 1. The van der Waals surface area contributed by atoms with Gasteiger partial charge in [0.1, 0.15) is 5.82 Å². The van der Waals surface area contributed by atoms with Gasteiger partial charge in [-0.25, -0.2) is 4.39 Å². The quantitative estimate of drug-likeness (QED) is 0.813. The first-order valence-electron chi connectivity index (χ1n) is 5.62. The van der Waals surface area contributed by atoms with Crippen molar-refractivity contribution in [3.05, 3.63) is 30.1 Å². The SMILES string of the molecule is CC(CC(F)(F)F)NCC(=O)Nc1ccccc1F. The third-order valence-corrected chi connectivity index (χ3v) is 2.30. The summed E-state index contributed by atoms with van der Waals surface area (Å²) in [5, 5.41) is 4.69. The Morgan fingerprint density at radius 2 is 1.95 bits per heavy atom. The minimum absolute atomic E-state index is 0.00206. The van der Waals surface area contributed by atoms with E-state index in [1.165, 1.54) is 25.1 Å². The van der Waals surface area contributed by atoms with Crippen molar-refractivity contribution >= 4 is 11.6 Å². The molecule has 1 rings (SSSR count). The van der Waals surface area contributed by atoms with E-state index in [0.717, 1.165) is 0 Å². The van der Waals surface area contributed by atoms with Gasteiger partial charge in [0.25, 0.3) is 0 Å². The maximum atomic E-state index is 13.2. The zero-order valence-electron chi connectivity index (χ0n) is 10.2. The fourth-order valence-corrected chi connectivity index (χ4v) is 1.44. The number of nitrogens with one attached hydrogen (secondary N) is 2. The Morgan fingerprint density at radius 3 is 2.53 bits per heavy atom. The summed E-state index contributed by atoms with van der Waals surface area (Å²) in [6.07, 6.45) is -5.31. The smallest absolute Gasteiger partial charge is 0.322 e. The summed E-state index contributed by atoms with van der Waals surface area (Å²) in [5.41, 5.74) is -0.00206. The van der Waals surface area contributed by atoms with Crippen LogP contribution in [-0.2, 0) is 4.79 Å². The van der Waals surface area contributed by atoms with Crippen molar-refractivity contribution in [1.29, 1.82) is 0 Å². The lowest BCUT2D eigenvalue weighted by molar-refractivity contribution is -0.139. The molecule has 0 fully saturated rings. The minimum atomic E-state index is -4.28. The predicted octanol–water partition coefficient (Wildman–Crippen LogP) is 2.69. The van der Waals surface area contributed by atoms with E-state index in [1.807, 2.05) is 0 Å². The zero-order chi connectivity index (χ0) is 14.5. The maximum absolute atomic E-state index is 13.2. The molecule has 1 atom stereocenters. The second-order valence-corrected chi connectivity index (χ2v) is 4.13. The van der Waals surface area contributed by atoms with Crippen molar-refractivity contribution in [3.63, 3.8) is 0 Å². The highest BCUT2D eigenvalue weighted by Gasteiger charge is 2.29. The van der Waals surface area contributed by atoms with E-state index in [-0.39, 0.29) is 12.2 Å². The Balaban J connectivity index is 2.38. The number of carbonyl (C=O) groups excluding carboxylic acids is 1. The summed E-state index contributed by atoms with van der Waals surface area (Å²) >= 11 is 0. The van der Waals surface area contributed by atoms with Crippen LogP contribution in [0.3, 0.4) is 0 Å². The van der Waals surface area contributed by atoms with Gasteiger partial charge >= 0.3 is 6.18 Å². The molecule has 1 unspecified atom stereocenters. The fourth-order valence-electron chi connectivity index (χ4n) is 1.44. The molecule has 0 aliphatic heterocycles. The first-order valence-corrected chi connectivity index (χ1v) is 5.62. The fraction of sp³-hybridized carbons (Fsp3) is 0.417. The summed E-state index contributed by atoms with van der Waals surface area (Å²) in [6.45, 7) is 1.01. The van der Waals surface area contributed by atoms with Gasteiger partial charge in [0.05, 0.1) is 18.7 Å². The van der Waals surface area contributed by atoms with Gasteiger partial charge in [-0.2, -0.15) is 13.2 Å². The molecule has 0 aromatic heterocycles. The molecule has 0 saturated carbocycles. The highest BCUT2D eigenvalue weighted by Crippen LogP contribution is 2.21. The standard InChI is InChI=1S/C12H14F4N2O/c1-8(6-12(14,15)16)17-7-11(19)18-10-5-3-2-4-9(10)13/h2-5,8,17H,6-7H2,1H3,(H,18,19). The maximum Gasteiger partial charge on any atom is 0.390 e. The van der Waals surface area contributed by atoms with Gasteiger partial charge in [-0.05, 0) is 19.1 Å². The summed E-state index contributed by atoms with van der Waals surface area (Å²) in [4.78, 5) is 11.4. The van der Waals surface area contributed by atoms with Crippen LogP contribution in [0.5, 0.6) is 0 Å². The molecule has 0 heterocycles. The van der Waals surface area contributed by atoms with E-state index >= 15 is 0 Å². The van der Waals surface area contributed by atoms with E-state index < -0.39 is 30.4 Å². The molecule has 1 aromatic rings. The van der Waals surface area contributed by atoms with Crippen molar-refractivity contribution < 1.29 is 22.4 Å². The Kier molecular flexibility index (Phi) is 5.29. The van der Waals surface area contributed by atoms with Crippen molar-refractivity contribution in [2.24, 2.45) is 0 Å². The first kappa shape index (κ1) is 15.4. The zero-order valence-corrected chi connectivity index (χ0v) is 10.2. The van der Waals surface area contributed by atoms with Crippen LogP contribution in [0.25, 0.3) is 0 Å². The number of amides is 1. The van der Waals surface area contributed by atoms with Gasteiger partial charge in [0.15, 0.2) is 0 Å². The number of benzene rings is 1. The Hall–Kier alpha value is -1.63. The van der Waals surface area contributed by atoms with Crippen LogP contribution in [0.2, 0.25) is 0 Å². The van der Waals surface area contributed by atoms with Crippen LogP contribution in [0.1, 0.15) is 13.3 Å². The van der Waals surface area contributed by atoms with Gasteiger partial charge in [0, 0.05) is 6.04 Å². The van der Waals surface area contributed by atoms with Crippen molar-refractivity contribution in [2.75, 3.05) is 11.9 Å². The van der Waals surface area contributed by atoms with Crippen molar-refractivity contribution in [1.82, 2.24) is 5.32 Å². The van der Waals surface area contributed by atoms with E-state index in [4.69, 9.17) is 0 Å². The first-order chi connectivity index (χ1) is 8.78. The number of hydrogen-bond acceptors (Lipinski definition) is 2. The van der Waals surface area contributed by atoms with Gasteiger partial charge in [-0.15, -0.1) is 0 Å². The molecule has 0 spiro atoms. The number of halogens is 4. The number of carbonyl (C=O) groups is 1. The van der Waals surface area contributed by atoms with Gasteiger partial charge < -0.3 is 10.6 Å². The van der Waals surface area contributed by atoms with Crippen LogP contribution in [0.4, 0.5) is 23.2 Å².